The van der Waals surface area contributed by atoms with E-state index < -0.39 is 0 Å². The monoisotopic (exact) mass is 326 g/mol. The third kappa shape index (κ3) is 3.71. The van der Waals surface area contributed by atoms with E-state index >= 15 is 0 Å². The minimum absolute atomic E-state index is 0.0427. The molecule has 0 bridgehead atoms. The number of hydrogen-bond acceptors (Lipinski definition) is 4. The summed E-state index contributed by atoms with van der Waals surface area (Å²) in [7, 11) is 0. The molecule has 1 aromatic carbocycles. The van der Waals surface area contributed by atoms with Crippen molar-refractivity contribution in [2.24, 2.45) is 0 Å². The lowest BCUT2D eigenvalue weighted by Gasteiger charge is -2.34. The molecule has 1 fully saturated rings. The van der Waals surface area contributed by atoms with Gasteiger partial charge in [-0.2, -0.15) is 0 Å². The van der Waals surface area contributed by atoms with Crippen LogP contribution in [-0.4, -0.2) is 46.7 Å². The molecule has 1 N–H and O–H groups in total. The highest BCUT2D eigenvalue weighted by atomic mass is 16.5. The predicted octanol–water partition coefficient (Wildman–Crippen LogP) is 2.63. The maximum Gasteiger partial charge on any atom is 0.318 e. The van der Waals surface area contributed by atoms with E-state index in [1.54, 1.807) is 12.4 Å². The Labute approximate surface area is 141 Å². The highest BCUT2D eigenvalue weighted by molar-refractivity contribution is 5.75. The van der Waals surface area contributed by atoms with Crippen LogP contribution in [0.15, 0.2) is 43.0 Å². The predicted molar refractivity (Wildman–Crippen MR) is 91.4 cm³/mol. The molecule has 2 atom stereocenters. The molecule has 2 aromatic rings. The number of nitrogens with zero attached hydrogens (tertiary/aromatic N) is 3. The average molecular weight is 326 g/mol. The molecule has 3 rings (SSSR count). The van der Waals surface area contributed by atoms with Crippen LogP contribution < -0.4 is 5.32 Å². The molecule has 126 valence electrons. The van der Waals surface area contributed by atoms with E-state index in [4.69, 9.17) is 4.74 Å². The van der Waals surface area contributed by atoms with Gasteiger partial charge in [-0.15, -0.1) is 0 Å². The Morgan fingerprint density at radius 2 is 1.96 bits per heavy atom. The summed E-state index contributed by atoms with van der Waals surface area (Å²) in [5, 5.41) is 3.06. The summed E-state index contributed by atoms with van der Waals surface area (Å²) >= 11 is 0. The summed E-state index contributed by atoms with van der Waals surface area (Å²) < 4.78 is 5.38. The topological polar surface area (TPSA) is 67.3 Å². The van der Waals surface area contributed by atoms with Gasteiger partial charge in [-0.25, -0.2) is 14.8 Å². The Kier molecular flexibility index (Phi) is 5.05. The fourth-order valence-corrected chi connectivity index (χ4v) is 2.79. The van der Waals surface area contributed by atoms with Crippen LogP contribution in [0.2, 0.25) is 0 Å². The number of rotatable bonds is 3. The third-order valence-electron chi connectivity index (χ3n) is 4.27. The highest BCUT2D eigenvalue weighted by Crippen LogP contribution is 2.21. The van der Waals surface area contributed by atoms with Crippen molar-refractivity contribution < 1.29 is 9.53 Å². The van der Waals surface area contributed by atoms with Crippen LogP contribution in [0, 0.1) is 0 Å². The van der Waals surface area contributed by atoms with Crippen molar-refractivity contribution in [3.8, 4) is 11.1 Å². The first-order valence-electron chi connectivity index (χ1n) is 8.15. The van der Waals surface area contributed by atoms with E-state index in [0.717, 1.165) is 16.7 Å². The molecular weight excluding hydrogens is 304 g/mol. The molecule has 1 aliphatic rings. The van der Waals surface area contributed by atoms with Crippen molar-refractivity contribution in [2.75, 3.05) is 19.8 Å². The Morgan fingerprint density at radius 3 is 2.62 bits per heavy atom. The number of carbonyl (C=O) groups is 1. The minimum Gasteiger partial charge on any atom is -0.377 e. The fraction of sp³-hybridized carbons (Fsp3) is 0.389. The molecular formula is C18H22N4O2. The number of morpholine rings is 1. The molecule has 0 unspecified atom stereocenters. The van der Waals surface area contributed by atoms with Crippen molar-refractivity contribution in [1.82, 2.24) is 20.2 Å². The van der Waals surface area contributed by atoms with E-state index in [1.165, 1.54) is 6.33 Å². The van der Waals surface area contributed by atoms with Gasteiger partial charge < -0.3 is 15.0 Å². The standard InChI is InChI=1S/C18H22N4O2/c1-13-11-24-8-7-22(13)18(23)21-14(2)15-3-5-16(6-4-15)17-9-19-12-20-10-17/h3-6,9-10,12-14H,7-8,11H2,1-2H3,(H,21,23)/t13-,14-/m1/s1. The van der Waals surface area contributed by atoms with Crippen molar-refractivity contribution in [3.05, 3.63) is 48.5 Å². The maximum absolute atomic E-state index is 12.4. The first-order valence-corrected chi connectivity index (χ1v) is 8.15. The molecule has 2 heterocycles. The molecule has 0 aliphatic carbocycles. The van der Waals surface area contributed by atoms with Crippen molar-refractivity contribution in [1.29, 1.82) is 0 Å². The summed E-state index contributed by atoms with van der Waals surface area (Å²) in [5.41, 5.74) is 3.09. The second-order valence-electron chi connectivity index (χ2n) is 6.04. The summed E-state index contributed by atoms with van der Waals surface area (Å²) in [6.07, 6.45) is 5.09. The largest absolute Gasteiger partial charge is 0.377 e. The van der Waals surface area contributed by atoms with Crippen molar-refractivity contribution in [3.63, 3.8) is 0 Å². The van der Waals surface area contributed by atoms with Gasteiger partial charge in [0.15, 0.2) is 0 Å². The van der Waals surface area contributed by atoms with Gasteiger partial charge in [0.1, 0.15) is 6.33 Å². The molecule has 0 spiro atoms. The molecule has 0 saturated carbocycles. The van der Waals surface area contributed by atoms with Gasteiger partial charge in [0.25, 0.3) is 0 Å². The van der Waals surface area contributed by atoms with E-state index in [1.807, 2.05) is 43.0 Å². The van der Waals surface area contributed by atoms with Gasteiger partial charge in [-0.3, -0.25) is 0 Å². The zero-order valence-electron chi connectivity index (χ0n) is 14.0. The first kappa shape index (κ1) is 16.4. The molecule has 24 heavy (non-hydrogen) atoms. The normalized spacial score (nSPS) is 18.9. The van der Waals surface area contributed by atoms with Gasteiger partial charge >= 0.3 is 6.03 Å². The maximum atomic E-state index is 12.4. The smallest absolute Gasteiger partial charge is 0.318 e. The molecule has 2 amide bonds. The van der Waals surface area contributed by atoms with Gasteiger partial charge in [-0.05, 0) is 25.0 Å². The number of nitrogens with one attached hydrogen (secondary N) is 1. The number of ether oxygens (including phenoxy) is 1. The molecule has 6 heteroatoms. The summed E-state index contributed by atoms with van der Waals surface area (Å²) in [6, 6.07) is 8.09. The van der Waals surface area contributed by atoms with Crippen LogP contribution in [0.4, 0.5) is 4.79 Å². The van der Waals surface area contributed by atoms with Gasteiger partial charge in [-0.1, -0.05) is 24.3 Å². The second-order valence-corrected chi connectivity index (χ2v) is 6.04. The lowest BCUT2D eigenvalue weighted by molar-refractivity contribution is 0.0185. The summed E-state index contributed by atoms with van der Waals surface area (Å²) in [5.74, 6) is 0. The second kappa shape index (κ2) is 7.40. The quantitative estimate of drug-likeness (QED) is 0.941. The minimum atomic E-state index is -0.0615. The third-order valence-corrected chi connectivity index (χ3v) is 4.27. The molecule has 1 saturated heterocycles. The SMILES string of the molecule is C[C@@H]1COCCN1C(=O)N[C@H](C)c1ccc(-c2cncnc2)cc1. The first-order chi connectivity index (χ1) is 11.6. The van der Waals surface area contributed by atoms with Gasteiger partial charge in [0.05, 0.1) is 25.3 Å². The fourth-order valence-electron chi connectivity index (χ4n) is 2.79. The van der Waals surface area contributed by atoms with Crippen LogP contribution in [0.1, 0.15) is 25.5 Å². The lowest BCUT2D eigenvalue weighted by Crippen LogP contribution is -2.51. The molecule has 6 nitrogen and oxygen atoms in total. The number of aromatic nitrogens is 2. The van der Waals surface area contributed by atoms with E-state index in [-0.39, 0.29) is 18.1 Å². The van der Waals surface area contributed by atoms with Crippen LogP contribution >= 0.6 is 0 Å². The van der Waals surface area contributed by atoms with Crippen LogP contribution in [0.25, 0.3) is 11.1 Å². The van der Waals surface area contributed by atoms with E-state index in [9.17, 15) is 4.79 Å². The average Bonchev–Trinajstić information content (AvgIpc) is 2.63. The summed E-state index contributed by atoms with van der Waals surface area (Å²) in [4.78, 5) is 22.3. The number of hydrogen-bond donors (Lipinski definition) is 1. The number of benzene rings is 1. The Balaban J connectivity index is 1.64. The number of amides is 2. The van der Waals surface area contributed by atoms with Crippen LogP contribution in [0.5, 0.6) is 0 Å². The highest BCUT2D eigenvalue weighted by Gasteiger charge is 2.24. The van der Waals surface area contributed by atoms with Crippen LogP contribution in [-0.2, 0) is 4.74 Å². The zero-order valence-corrected chi connectivity index (χ0v) is 14.0. The Bertz CT molecular complexity index is 675. The van der Waals surface area contributed by atoms with E-state index in [2.05, 4.69) is 15.3 Å². The molecule has 1 aliphatic heterocycles. The van der Waals surface area contributed by atoms with Gasteiger partial charge in [0, 0.05) is 24.5 Å². The molecule has 1 aromatic heterocycles. The van der Waals surface area contributed by atoms with Crippen LogP contribution in [0.3, 0.4) is 0 Å². The zero-order chi connectivity index (χ0) is 16.9. The molecule has 0 radical (unpaired) electrons. The Morgan fingerprint density at radius 1 is 1.25 bits per heavy atom. The Hall–Kier alpha value is -2.47. The van der Waals surface area contributed by atoms with E-state index in [0.29, 0.717) is 19.8 Å². The van der Waals surface area contributed by atoms with Crippen molar-refractivity contribution in [2.45, 2.75) is 25.9 Å². The summed E-state index contributed by atoms with van der Waals surface area (Å²) in [6.45, 7) is 5.81. The number of carbonyl (C=O) groups excluding carboxylic acids is 1. The van der Waals surface area contributed by atoms with Gasteiger partial charge in [0.2, 0.25) is 0 Å². The lowest BCUT2D eigenvalue weighted by atomic mass is 10.0. The van der Waals surface area contributed by atoms with Crippen molar-refractivity contribution >= 4 is 6.03 Å². The number of urea groups is 1.